The highest BCUT2D eigenvalue weighted by atomic mass is 35.5. The molecule has 2 fully saturated rings. The second-order valence-corrected chi connectivity index (χ2v) is 9.28. The summed E-state index contributed by atoms with van der Waals surface area (Å²) < 4.78 is 4.82. The van der Waals surface area contributed by atoms with Crippen LogP contribution in [0, 0.1) is 6.92 Å². The molecule has 32 heavy (non-hydrogen) atoms. The van der Waals surface area contributed by atoms with Crippen LogP contribution in [0.4, 0.5) is 10.5 Å². The van der Waals surface area contributed by atoms with Crippen molar-refractivity contribution in [3.8, 4) is 0 Å². The Kier molecular flexibility index (Phi) is 6.45. The monoisotopic (exact) mass is 455 g/mol. The van der Waals surface area contributed by atoms with Gasteiger partial charge in [0.1, 0.15) is 0 Å². The van der Waals surface area contributed by atoms with E-state index >= 15 is 0 Å². The van der Waals surface area contributed by atoms with Gasteiger partial charge in [-0.2, -0.15) is 0 Å². The number of ether oxygens (including phenoxy) is 1. The lowest BCUT2D eigenvalue weighted by molar-refractivity contribution is 0.0600. The lowest BCUT2D eigenvalue weighted by Crippen LogP contribution is -2.46. The van der Waals surface area contributed by atoms with Gasteiger partial charge in [0.25, 0.3) is 0 Å². The number of urea groups is 1. The summed E-state index contributed by atoms with van der Waals surface area (Å²) in [7, 11) is 1.37. The number of hydrogen-bond donors (Lipinski definition) is 1. The summed E-state index contributed by atoms with van der Waals surface area (Å²) in [6.07, 6.45) is 3.71. The number of carbonyl (C=O) groups is 2. The molecule has 2 aromatic rings. The Labute approximate surface area is 194 Å². The number of halogens is 1. The number of rotatable bonds is 5. The highest BCUT2D eigenvalue weighted by Gasteiger charge is 2.41. The molecule has 0 atom stereocenters. The van der Waals surface area contributed by atoms with Crippen LogP contribution < -0.4 is 10.6 Å². The lowest BCUT2D eigenvalue weighted by atomic mass is 9.68. The molecule has 0 bridgehead atoms. The molecular weight excluding hydrogens is 426 g/mol. The smallest absolute Gasteiger partial charge is 0.338 e. The van der Waals surface area contributed by atoms with E-state index in [1.165, 1.54) is 12.7 Å². The molecule has 2 N–H and O–H groups in total. The molecular formula is C25H30ClN3O3. The van der Waals surface area contributed by atoms with E-state index in [-0.39, 0.29) is 23.5 Å². The van der Waals surface area contributed by atoms with E-state index in [4.69, 9.17) is 22.1 Å². The molecule has 0 radical (unpaired) electrons. The highest BCUT2D eigenvalue weighted by Crippen LogP contribution is 2.41. The van der Waals surface area contributed by atoms with Gasteiger partial charge in [-0.15, -0.1) is 0 Å². The number of amides is 2. The molecule has 170 valence electrons. The third kappa shape index (κ3) is 4.09. The number of nitrogens with zero attached hydrogens (tertiary/aromatic N) is 2. The van der Waals surface area contributed by atoms with Crippen LogP contribution in [0.5, 0.6) is 0 Å². The summed E-state index contributed by atoms with van der Waals surface area (Å²) in [4.78, 5) is 28.9. The van der Waals surface area contributed by atoms with E-state index in [0.717, 1.165) is 42.0 Å². The number of aryl methyl sites for hydroxylation is 1. The molecule has 1 aliphatic heterocycles. The first kappa shape index (κ1) is 22.6. The Balaban J connectivity index is 1.45. The van der Waals surface area contributed by atoms with Crippen LogP contribution in [-0.4, -0.2) is 49.7 Å². The van der Waals surface area contributed by atoms with Gasteiger partial charge in [-0.1, -0.05) is 23.7 Å². The molecule has 1 saturated heterocycles. The summed E-state index contributed by atoms with van der Waals surface area (Å²) in [5.41, 5.74) is 9.49. The van der Waals surface area contributed by atoms with Crippen molar-refractivity contribution in [2.24, 2.45) is 5.73 Å². The summed E-state index contributed by atoms with van der Waals surface area (Å²) in [5.74, 6) is -0.367. The quantitative estimate of drug-likeness (QED) is 0.672. The van der Waals surface area contributed by atoms with Crippen LogP contribution in [0.3, 0.4) is 0 Å². The number of anilines is 1. The van der Waals surface area contributed by atoms with Crippen molar-refractivity contribution in [1.29, 1.82) is 0 Å². The average molecular weight is 456 g/mol. The normalized spacial score (nSPS) is 23.5. The van der Waals surface area contributed by atoms with Gasteiger partial charge in [-0.3, -0.25) is 4.90 Å². The molecule has 7 heteroatoms. The van der Waals surface area contributed by atoms with Crippen LogP contribution >= 0.6 is 11.6 Å². The SMILES string of the molecule is COC(=O)c1ccc(N2CCN(C3CCC(CN)(c4cccc(Cl)c4)CC3)C2=O)cc1C. The minimum absolute atomic E-state index is 0.0308. The fourth-order valence-corrected chi connectivity index (χ4v) is 5.37. The van der Waals surface area contributed by atoms with Gasteiger partial charge in [-0.25, -0.2) is 9.59 Å². The van der Waals surface area contributed by atoms with Crippen molar-refractivity contribution in [3.05, 3.63) is 64.2 Å². The largest absolute Gasteiger partial charge is 0.465 e. The molecule has 4 rings (SSSR count). The average Bonchev–Trinajstić information content (AvgIpc) is 3.19. The minimum atomic E-state index is -0.367. The van der Waals surface area contributed by atoms with Gasteiger partial charge < -0.3 is 15.4 Å². The van der Waals surface area contributed by atoms with E-state index in [9.17, 15) is 9.59 Å². The zero-order chi connectivity index (χ0) is 22.9. The van der Waals surface area contributed by atoms with Crippen LogP contribution in [0.25, 0.3) is 0 Å². The van der Waals surface area contributed by atoms with Crippen molar-refractivity contribution in [3.63, 3.8) is 0 Å². The first-order chi connectivity index (χ1) is 15.4. The van der Waals surface area contributed by atoms with E-state index in [1.54, 1.807) is 11.0 Å². The van der Waals surface area contributed by atoms with Crippen LogP contribution in [-0.2, 0) is 10.2 Å². The van der Waals surface area contributed by atoms with E-state index in [2.05, 4.69) is 6.07 Å². The third-order valence-corrected chi connectivity index (χ3v) is 7.38. The van der Waals surface area contributed by atoms with Crippen molar-refractivity contribution < 1.29 is 14.3 Å². The number of hydrogen-bond acceptors (Lipinski definition) is 4. The topological polar surface area (TPSA) is 75.9 Å². The van der Waals surface area contributed by atoms with Crippen molar-refractivity contribution in [2.75, 3.05) is 31.6 Å². The van der Waals surface area contributed by atoms with Crippen molar-refractivity contribution in [1.82, 2.24) is 4.90 Å². The number of methoxy groups -OCH3 is 1. The molecule has 2 amide bonds. The van der Waals surface area contributed by atoms with Gasteiger partial charge in [0, 0.05) is 41.8 Å². The second-order valence-electron chi connectivity index (χ2n) is 8.84. The maximum absolute atomic E-state index is 13.3. The summed E-state index contributed by atoms with van der Waals surface area (Å²) >= 11 is 6.23. The van der Waals surface area contributed by atoms with Crippen LogP contribution in [0.2, 0.25) is 5.02 Å². The Morgan fingerprint density at radius 3 is 2.56 bits per heavy atom. The fourth-order valence-electron chi connectivity index (χ4n) is 5.18. The lowest BCUT2D eigenvalue weighted by Gasteiger charge is -2.42. The van der Waals surface area contributed by atoms with Crippen molar-refractivity contribution >= 4 is 29.3 Å². The molecule has 1 saturated carbocycles. The molecule has 0 aromatic heterocycles. The Bertz CT molecular complexity index is 1020. The van der Waals surface area contributed by atoms with Gasteiger partial charge in [0.2, 0.25) is 0 Å². The van der Waals surface area contributed by atoms with E-state index in [1.807, 2.05) is 42.2 Å². The standard InChI is InChI=1S/C25H30ClN3O3/c1-17-14-21(6-7-22(17)23(30)32-2)29-13-12-28(24(29)31)20-8-10-25(16-27,11-9-20)18-4-3-5-19(26)15-18/h3-7,14-15,20H,8-13,16,27H2,1-2H3. The molecule has 2 aliphatic rings. The van der Waals surface area contributed by atoms with E-state index < -0.39 is 0 Å². The summed E-state index contributed by atoms with van der Waals surface area (Å²) in [6.45, 7) is 3.78. The highest BCUT2D eigenvalue weighted by molar-refractivity contribution is 6.30. The van der Waals surface area contributed by atoms with Crippen LogP contribution in [0.15, 0.2) is 42.5 Å². The predicted octanol–water partition coefficient (Wildman–Crippen LogP) is 4.52. The predicted molar refractivity (Wildman–Crippen MR) is 126 cm³/mol. The van der Waals surface area contributed by atoms with Crippen LogP contribution in [0.1, 0.15) is 47.2 Å². The molecule has 6 nitrogen and oxygen atoms in total. The molecule has 0 unspecified atom stereocenters. The van der Waals surface area contributed by atoms with Gasteiger partial charge >= 0.3 is 12.0 Å². The van der Waals surface area contributed by atoms with E-state index in [0.29, 0.717) is 25.2 Å². The summed E-state index contributed by atoms with van der Waals surface area (Å²) in [5, 5.41) is 0.733. The maximum atomic E-state index is 13.3. The van der Waals surface area contributed by atoms with Crippen molar-refractivity contribution in [2.45, 2.75) is 44.1 Å². The molecule has 2 aromatic carbocycles. The fraction of sp³-hybridized carbons (Fsp3) is 0.440. The Morgan fingerprint density at radius 2 is 1.94 bits per heavy atom. The third-order valence-electron chi connectivity index (χ3n) is 7.15. The first-order valence-electron chi connectivity index (χ1n) is 11.1. The Morgan fingerprint density at radius 1 is 1.19 bits per heavy atom. The zero-order valence-corrected chi connectivity index (χ0v) is 19.4. The molecule has 0 spiro atoms. The number of esters is 1. The van der Waals surface area contributed by atoms with Gasteiger partial charge in [0.05, 0.1) is 12.7 Å². The number of benzene rings is 2. The first-order valence-corrected chi connectivity index (χ1v) is 11.5. The second kappa shape index (κ2) is 9.12. The number of nitrogens with two attached hydrogens (primary N) is 1. The minimum Gasteiger partial charge on any atom is -0.465 e. The Hall–Kier alpha value is -2.57. The number of carbonyl (C=O) groups excluding carboxylic acids is 2. The van der Waals surface area contributed by atoms with Gasteiger partial charge in [0.15, 0.2) is 0 Å². The molecule has 1 heterocycles. The van der Waals surface area contributed by atoms with Gasteiger partial charge in [-0.05, 0) is 74.1 Å². The summed E-state index contributed by atoms with van der Waals surface area (Å²) in [6, 6.07) is 13.7. The zero-order valence-electron chi connectivity index (χ0n) is 18.6. The molecule has 1 aliphatic carbocycles. The maximum Gasteiger partial charge on any atom is 0.338 e.